The van der Waals surface area contributed by atoms with Gasteiger partial charge < -0.3 is 14.4 Å². The van der Waals surface area contributed by atoms with Crippen molar-refractivity contribution in [2.75, 3.05) is 13.1 Å². The molecule has 4 rings (SSSR count). The van der Waals surface area contributed by atoms with Gasteiger partial charge in [0, 0.05) is 29.4 Å². The predicted octanol–water partition coefficient (Wildman–Crippen LogP) is 4.23. The number of carboxylic acid groups (broad SMARTS) is 1. The molecule has 0 unspecified atom stereocenters. The van der Waals surface area contributed by atoms with E-state index in [4.69, 9.17) is 9.52 Å². The summed E-state index contributed by atoms with van der Waals surface area (Å²) in [5.74, 6) is -6.13. The van der Waals surface area contributed by atoms with Crippen LogP contribution in [0.2, 0.25) is 0 Å². The van der Waals surface area contributed by atoms with Gasteiger partial charge in [-0.25, -0.2) is 0 Å². The van der Waals surface area contributed by atoms with E-state index in [1.54, 1.807) is 13.0 Å². The fourth-order valence-corrected chi connectivity index (χ4v) is 3.85. The van der Waals surface area contributed by atoms with Crippen molar-refractivity contribution >= 4 is 33.6 Å². The van der Waals surface area contributed by atoms with Crippen LogP contribution in [0.1, 0.15) is 16.1 Å². The average molecular weight is 391 g/mol. The Bertz CT molecular complexity index is 1100. The lowest BCUT2D eigenvalue weighted by Gasteiger charge is -2.18. The lowest BCUT2D eigenvalue weighted by molar-refractivity contribution is -0.187. The van der Waals surface area contributed by atoms with Crippen LogP contribution in [-0.4, -0.2) is 41.1 Å². The maximum atomic E-state index is 13.2. The highest BCUT2D eigenvalue weighted by atomic mass is 19.4. The van der Waals surface area contributed by atoms with E-state index in [1.165, 1.54) is 0 Å². The first-order valence-electron chi connectivity index (χ1n) is 8.68. The van der Waals surface area contributed by atoms with Crippen molar-refractivity contribution in [1.82, 2.24) is 4.90 Å². The minimum Gasteiger partial charge on any atom is -0.481 e. The second-order valence-electron chi connectivity index (χ2n) is 7.02. The SMILES string of the molecule is Cc1c(C(=O)N2C[C@@H](C(F)(F)F)[C@H](C(=O)O)C2)oc2c1ccc1ccccc12. The molecule has 146 valence electrons. The number of halogens is 3. The third-order valence-corrected chi connectivity index (χ3v) is 5.37. The Labute approximate surface area is 157 Å². The molecule has 0 bridgehead atoms. The van der Waals surface area contributed by atoms with E-state index < -0.39 is 43.0 Å². The zero-order valence-corrected chi connectivity index (χ0v) is 14.8. The highest BCUT2D eigenvalue weighted by Crippen LogP contribution is 2.39. The van der Waals surface area contributed by atoms with Gasteiger partial charge in [0.05, 0.1) is 11.8 Å². The van der Waals surface area contributed by atoms with Gasteiger partial charge in [0.1, 0.15) is 5.58 Å². The van der Waals surface area contributed by atoms with Crippen molar-refractivity contribution in [1.29, 1.82) is 0 Å². The van der Waals surface area contributed by atoms with Crippen LogP contribution in [0.3, 0.4) is 0 Å². The summed E-state index contributed by atoms with van der Waals surface area (Å²) in [6, 6.07) is 11.1. The summed E-state index contributed by atoms with van der Waals surface area (Å²) in [6.07, 6.45) is -4.70. The number of amides is 1. The minimum absolute atomic E-state index is 0.0571. The summed E-state index contributed by atoms with van der Waals surface area (Å²) in [4.78, 5) is 25.1. The van der Waals surface area contributed by atoms with Crippen molar-refractivity contribution in [3.8, 4) is 0 Å². The molecule has 1 saturated heterocycles. The number of furan rings is 1. The van der Waals surface area contributed by atoms with Gasteiger partial charge in [-0.2, -0.15) is 13.2 Å². The summed E-state index contributed by atoms with van der Waals surface area (Å²) in [5, 5.41) is 11.5. The smallest absolute Gasteiger partial charge is 0.394 e. The van der Waals surface area contributed by atoms with Crippen molar-refractivity contribution in [2.45, 2.75) is 13.1 Å². The van der Waals surface area contributed by atoms with Crippen LogP contribution in [0.25, 0.3) is 21.7 Å². The summed E-state index contributed by atoms with van der Waals surface area (Å²) < 4.78 is 45.4. The Morgan fingerprint density at radius 2 is 1.82 bits per heavy atom. The van der Waals surface area contributed by atoms with Gasteiger partial charge in [-0.05, 0) is 12.3 Å². The van der Waals surface area contributed by atoms with E-state index >= 15 is 0 Å². The number of carbonyl (C=O) groups is 2. The Morgan fingerprint density at radius 3 is 2.46 bits per heavy atom. The van der Waals surface area contributed by atoms with E-state index in [9.17, 15) is 22.8 Å². The summed E-state index contributed by atoms with van der Waals surface area (Å²) >= 11 is 0. The standard InChI is InChI=1S/C20H16F3NO4/c1-10-12-7-6-11-4-2-3-5-13(11)17(12)28-16(10)18(25)24-8-14(19(26)27)15(9-24)20(21,22)23/h2-7,14-15H,8-9H2,1H3,(H,26,27)/t14-,15-/m1/s1. The van der Waals surface area contributed by atoms with E-state index in [0.29, 0.717) is 16.5 Å². The second-order valence-corrected chi connectivity index (χ2v) is 7.02. The van der Waals surface area contributed by atoms with E-state index in [0.717, 1.165) is 15.7 Å². The molecule has 2 heterocycles. The van der Waals surface area contributed by atoms with Crippen molar-refractivity contribution < 1.29 is 32.3 Å². The fourth-order valence-electron chi connectivity index (χ4n) is 3.85. The van der Waals surface area contributed by atoms with Crippen molar-refractivity contribution in [3.63, 3.8) is 0 Å². The van der Waals surface area contributed by atoms with Gasteiger partial charge in [0.25, 0.3) is 5.91 Å². The number of fused-ring (bicyclic) bond motifs is 3. The van der Waals surface area contributed by atoms with Gasteiger partial charge in [0.15, 0.2) is 5.76 Å². The Kier molecular flexibility index (Phi) is 4.10. The number of hydrogen-bond donors (Lipinski definition) is 1. The number of alkyl halides is 3. The zero-order valence-electron chi connectivity index (χ0n) is 14.8. The number of nitrogens with zero attached hydrogens (tertiary/aromatic N) is 1. The molecule has 1 aliphatic heterocycles. The van der Waals surface area contributed by atoms with Crippen LogP contribution in [0, 0.1) is 18.8 Å². The molecule has 2 atom stereocenters. The van der Waals surface area contributed by atoms with Crippen LogP contribution in [0.15, 0.2) is 40.8 Å². The molecule has 2 aromatic carbocycles. The highest BCUT2D eigenvalue weighted by molar-refractivity contribution is 6.09. The zero-order chi connectivity index (χ0) is 20.2. The van der Waals surface area contributed by atoms with Gasteiger partial charge in [-0.1, -0.05) is 36.4 Å². The molecular weight excluding hydrogens is 375 g/mol. The third-order valence-electron chi connectivity index (χ3n) is 5.37. The summed E-state index contributed by atoms with van der Waals surface area (Å²) in [7, 11) is 0. The number of aliphatic carboxylic acids is 1. The number of carbonyl (C=O) groups excluding carboxylic acids is 1. The van der Waals surface area contributed by atoms with Crippen molar-refractivity contribution in [3.05, 3.63) is 47.7 Å². The summed E-state index contributed by atoms with van der Waals surface area (Å²) in [6.45, 7) is 0.464. The number of aryl methyl sites for hydroxylation is 1. The lowest BCUT2D eigenvalue weighted by atomic mass is 9.96. The maximum absolute atomic E-state index is 13.2. The average Bonchev–Trinajstić information content (AvgIpc) is 3.24. The van der Waals surface area contributed by atoms with Crippen LogP contribution in [0.4, 0.5) is 13.2 Å². The first-order chi connectivity index (χ1) is 13.2. The first kappa shape index (κ1) is 18.3. The molecule has 28 heavy (non-hydrogen) atoms. The van der Waals surface area contributed by atoms with Gasteiger partial charge >= 0.3 is 12.1 Å². The van der Waals surface area contributed by atoms with Gasteiger partial charge in [0.2, 0.25) is 0 Å². The number of benzene rings is 2. The van der Waals surface area contributed by atoms with E-state index in [-0.39, 0.29) is 5.76 Å². The molecule has 0 radical (unpaired) electrons. The highest BCUT2D eigenvalue weighted by Gasteiger charge is 2.53. The number of carboxylic acids is 1. The van der Waals surface area contributed by atoms with Crippen LogP contribution < -0.4 is 0 Å². The molecule has 0 spiro atoms. The molecule has 1 aromatic heterocycles. The van der Waals surface area contributed by atoms with E-state index in [1.807, 2.05) is 30.3 Å². The molecule has 0 saturated carbocycles. The lowest BCUT2D eigenvalue weighted by Crippen LogP contribution is -2.34. The number of likely N-dealkylation sites (tertiary alicyclic amines) is 1. The molecule has 1 amide bonds. The van der Waals surface area contributed by atoms with Crippen LogP contribution >= 0.6 is 0 Å². The molecule has 1 N–H and O–H groups in total. The van der Waals surface area contributed by atoms with E-state index in [2.05, 4.69) is 0 Å². The predicted molar refractivity (Wildman–Crippen MR) is 95.0 cm³/mol. The Balaban J connectivity index is 1.74. The largest absolute Gasteiger partial charge is 0.481 e. The molecule has 1 aliphatic rings. The number of rotatable bonds is 2. The minimum atomic E-state index is -4.70. The van der Waals surface area contributed by atoms with Crippen LogP contribution in [0.5, 0.6) is 0 Å². The fraction of sp³-hybridized carbons (Fsp3) is 0.300. The maximum Gasteiger partial charge on any atom is 0.394 e. The molecule has 8 heteroatoms. The molecule has 5 nitrogen and oxygen atoms in total. The normalized spacial score (nSPS) is 20.2. The molecule has 0 aliphatic carbocycles. The molecule has 1 fully saturated rings. The molecule has 3 aromatic rings. The van der Waals surface area contributed by atoms with Crippen molar-refractivity contribution in [2.24, 2.45) is 11.8 Å². The first-order valence-corrected chi connectivity index (χ1v) is 8.68. The quantitative estimate of drug-likeness (QED) is 0.710. The Morgan fingerprint density at radius 1 is 1.11 bits per heavy atom. The monoisotopic (exact) mass is 391 g/mol. The van der Waals surface area contributed by atoms with Crippen LogP contribution in [-0.2, 0) is 4.79 Å². The summed E-state index contributed by atoms with van der Waals surface area (Å²) in [5.41, 5.74) is 1.01. The number of hydrogen-bond acceptors (Lipinski definition) is 3. The molecular formula is C20H16F3NO4. The van der Waals surface area contributed by atoms with Gasteiger partial charge in [-0.3, -0.25) is 9.59 Å². The third kappa shape index (κ3) is 2.80. The Hall–Kier alpha value is -3.03. The van der Waals surface area contributed by atoms with Gasteiger partial charge in [-0.15, -0.1) is 0 Å². The topological polar surface area (TPSA) is 70.8 Å². The second kappa shape index (κ2) is 6.25.